The minimum Gasteiger partial charge on any atom is -0.476 e. The van der Waals surface area contributed by atoms with Crippen molar-refractivity contribution in [2.75, 3.05) is 37.3 Å². The molecule has 0 atom stereocenters. The SMILES string of the molecule is CCOc1nc(NCC(=O)N2CCCCC2)ccc1N. The lowest BCUT2D eigenvalue weighted by Crippen LogP contribution is -2.39. The van der Waals surface area contributed by atoms with Gasteiger partial charge in [0.2, 0.25) is 11.8 Å². The molecule has 3 N–H and O–H groups in total. The van der Waals surface area contributed by atoms with Crippen molar-refractivity contribution in [3.63, 3.8) is 0 Å². The van der Waals surface area contributed by atoms with E-state index < -0.39 is 0 Å². The Labute approximate surface area is 119 Å². The van der Waals surface area contributed by atoms with Gasteiger partial charge in [0.05, 0.1) is 18.8 Å². The molecule has 110 valence electrons. The molecule has 1 aromatic rings. The van der Waals surface area contributed by atoms with Crippen LogP contribution in [-0.4, -0.2) is 42.0 Å². The lowest BCUT2D eigenvalue weighted by atomic mass is 10.1. The van der Waals surface area contributed by atoms with Crippen LogP contribution in [0, 0.1) is 0 Å². The molecule has 0 aromatic carbocycles. The highest BCUT2D eigenvalue weighted by molar-refractivity contribution is 5.80. The first-order valence-corrected chi connectivity index (χ1v) is 7.11. The number of rotatable bonds is 5. The number of piperidine rings is 1. The van der Waals surface area contributed by atoms with E-state index >= 15 is 0 Å². The second kappa shape index (κ2) is 6.98. The van der Waals surface area contributed by atoms with E-state index in [2.05, 4.69) is 10.3 Å². The Kier molecular flexibility index (Phi) is 5.03. The van der Waals surface area contributed by atoms with Crippen LogP contribution in [0.4, 0.5) is 11.5 Å². The van der Waals surface area contributed by atoms with Gasteiger partial charge in [-0.05, 0) is 38.3 Å². The van der Waals surface area contributed by atoms with Crippen LogP contribution in [0.25, 0.3) is 0 Å². The molecule has 6 nitrogen and oxygen atoms in total. The molecule has 0 unspecified atom stereocenters. The molecule has 0 aliphatic carbocycles. The Morgan fingerprint density at radius 1 is 1.40 bits per heavy atom. The van der Waals surface area contributed by atoms with Crippen LogP contribution < -0.4 is 15.8 Å². The first kappa shape index (κ1) is 14.4. The van der Waals surface area contributed by atoms with Crippen LogP contribution in [0.15, 0.2) is 12.1 Å². The highest BCUT2D eigenvalue weighted by atomic mass is 16.5. The Morgan fingerprint density at radius 2 is 2.15 bits per heavy atom. The van der Waals surface area contributed by atoms with Crippen molar-refractivity contribution in [3.05, 3.63) is 12.1 Å². The number of hydrogen-bond acceptors (Lipinski definition) is 5. The molecule has 0 saturated carbocycles. The molecular weight excluding hydrogens is 256 g/mol. The van der Waals surface area contributed by atoms with E-state index in [-0.39, 0.29) is 12.5 Å². The molecule has 2 heterocycles. The predicted octanol–water partition coefficient (Wildman–Crippen LogP) is 1.49. The molecule has 1 amide bonds. The third-order valence-corrected chi connectivity index (χ3v) is 3.30. The quantitative estimate of drug-likeness (QED) is 0.853. The first-order chi connectivity index (χ1) is 9.70. The largest absolute Gasteiger partial charge is 0.476 e. The fourth-order valence-corrected chi connectivity index (χ4v) is 2.22. The average molecular weight is 278 g/mol. The van der Waals surface area contributed by atoms with Gasteiger partial charge in [-0.2, -0.15) is 4.98 Å². The summed E-state index contributed by atoms with van der Waals surface area (Å²) in [5, 5.41) is 3.03. The summed E-state index contributed by atoms with van der Waals surface area (Å²) in [4.78, 5) is 18.2. The molecule has 1 saturated heterocycles. The summed E-state index contributed by atoms with van der Waals surface area (Å²) in [6.45, 7) is 4.36. The summed E-state index contributed by atoms with van der Waals surface area (Å²) in [5.74, 6) is 1.12. The second-order valence-electron chi connectivity index (χ2n) is 4.82. The molecule has 6 heteroatoms. The molecule has 2 rings (SSSR count). The molecule has 0 bridgehead atoms. The van der Waals surface area contributed by atoms with Gasteiger partial charge in [-0.25, -0.2) is 0 Å². The summed E-state index contributed by atoms with van der Waals surface area (Å²) in [7, 11) is 0. The van der Waals surface area contributed by atoms with Crippen molar-refractivity contribution in [1.82, 2.24) is 9.88 Å². The van der Waals surface area contributed by atoms with Gasteiger partial charge < -0.3 is 20.7 Å². The average Bonchev–Trinajstić information content (AvgIpc) is 2.49. The molecule has 1 aromatic heterocycles. The van der Waals surface area contributed by atoms with Crippen LogP contribution in [0.2, 0.25) is 0 Å². The van der Waals surface area contributed by atoms with Crippen molar-refractivity contribution in [2.24, 2.45) is 0 Å². The highest BCUT2D eigenvalue weighted by Gasteiger charge is 2.16. The summed E-state index contributed by atoms with van der Waals surface area (Å²) in [6, 6.07) is 3.48. The number of carbonyl (C=O) groups is 1. The van der Waals surface area contributed by atoms with Crippen molar-refractivity contribution in [1.29, 1.82) is 0 Å². The molecule has 1 aliphatic heterocycles. The maximum atomic E-state index is 12.0. The van der Waals surface area contributed by atoms with Crippen molar-refractivity contribution < 1.29 is 9.53 Å². The Hall–Kier alpha value is -1.98. The van der Waals surface area contributed by atoms with Gasteiger partial charge in [0.1, 0.15) is 5.82 Å². The molecule has 1 aliphatic rings. The number of nitrogens with one attached hydrogen (secondary N) is 1. The minimum atomic E-state index is 0.112. The van der Waals surface area contributed by atoms with E-state index in [1.54, 1.807) is 12.1 Å². The first-order valence-electron chi connectivity index (χ1n) is 7.11. The fraction of sp³-hybridized carbons (Fsp3) is 0.571. The standard InChI is InChI=1S/C14H22N4O2/c1-2-20-14-11(15)6-7-12(17-14)16-10-13(19)18-8-4-3-5-9-18/h6-7H,2-5,8-10,15H2,1H3,(H,16,17). The number of hydrogen-bond donors (Lipinski definition) is 2. The number of amides is 1. The lowest BCUT2D eigenvalue weighted by Gasteiger charge is -2.26. The van der Waals surface area contributed by atoms with Crippen molar-refractivity contribution in [2.45, 2.75) is 26.2 Å². The minimum absolute atomic E-state index is 0.112. The van der Waals surface area contributed by atoms with Crippen molar-refractivity contribution >= 4 is 17.4 Å². The second-order valence-corrected chi connectivity index (χ2v) is 4.82. The summed E-state index contributed by atoms with van der Waals surface area (Å²) >= 11 is 0. The van der Waals surface area contributed by atoms with Crippen LogP contribution in [0.1, 0.15) is 26.2 Å². The smallest absolute Gasteiger partial charge is 0.241 e. The molecule has 20 heavy (non-hydrogen) atoms. The third kappa shape index (κ3) is 3.76. The summed E-state index contributed by atoms with van der Waals surface area (Å²) < 4.78 is 5.33. The number of nitrogens with two attached hydrogens (primary N) is 1. The van der Waals surface area contributed by atoms with Gasteiger partial charge in [0.15, 0.2) is 0 Å². The zero-order valence-electron chi connectivity index (χ0n) is 11.9. The van der Waals surface area contributed by atoms with Gasteiger partial charge in [-0.3, -0.25) is 4.79 Å². The summed E-state index contributed by atoms with van der Waals surface area (Å²) in [5.41, 5.74) is 6.26. The van der Waals surface area contributed by atoms with E-state index in [0.29, 0.717) is 24.0 Å². The molecule has 0 radical (unpaired) electrons. The fourth-order valence-electron chi connectivity index (χ4n) is 2.22. The van der Waals surface area contributed by atoms with Gasteiger partial charge in [-0.1, -0.05) is 0 Å². The number of anilines is 2. The maximum absolute atomic E-state index is 12.0. The summed E-state index contributed by atoms with van der Waals surface area (Å²) in [6.07, 6.45) is 3.41. The van der Waals surface area contributed by atoms with Crippen LogP contribution in [-0.2, 0) is 4.79 Å². The Balaban J connectivity index is 1.89. The zero-order valence-corrected chi connectivity index (χ0v) is 11.9. The molecule has 1 fully saturated rings. The maximum Gasteiger partial charge on any atom is 0.241 e. The van der Waals surface area contributed by atoms with Crippen LogP contribution >= 0.6 is 0 Å². The van der Waals surface area contributed by atoms with E-state index in [1.807, 2.05) is 11.8 Å². The van der Waals surface area contributed by atoms with Gasteiger partial charge >= 0.3 is 0 Å². The lowest BCUT2D eigenvalue weighted by molar-refractivity contribution is -0.130. The number of nitrogen functional groups attached to an aromatic ring is 1. The van der Waals surface area contributed by atoms with E-state index in [0.717, 1.165) is 25.9 Å². The zero-order chi connectivity index (χ0) is 14.4. The normalized spacial score (nSPS) is 14.9. The number of carbonyl (C=O) groups excluding carboxylic acids is 1. The third-order valence-electron chi connectivity index (χ3n) is 3.30. The van der Waals surface area contributed by atoms with Gasteiger partial charge in [-0.15, -0.1) is 0 Å². The topological polar surface area (TPSA) is 80.5 Å². The van der Waals surface area contributed by atoms with Crippen LogP contribution in [0.5, 0.6) is 5.88 Å². The molecular formula is C14H22N4O2. The molecule has 0 spiro atoms. The number of pyridine rings is 1. The van der Waals surface area contributed by atoms with Crippen molar-refractivity contribution in [3.8, 4) is 5.88 Å². The Morgan fingerprint density at radius 3 is 2.85 bits per heavy atom. The van der Waals surface area contributed by atoms with Crippen LogP contribution in [0.3, 0.4) is 0 Å². The predicted molar refractivity (Wildman–Crippen MR) is 78.7 cm³/mol. The van der Waals surface area contributed by atoms with Gasteiger partial charge in [0, 0.05) is 13.1 Å². The monoisotopic (exact) mass is 278 g/mol. The Bertz CT molecular complexity index is 458. The van der Waals surface area contributed by atoms with E-state index in [4.69, 9.17) is 10.5 Å². The van der Waals surface area contributed by atoms with E-state index in [9.17, 15) is 4.79 Å². The number of likely N-dealkylation sites (tertiary alicyclic amines) is 1. The highest BCUT2D eigenvalue weighted by Crippen LogP contribution is 2.20. The number of ether oxygens (including phenoxy) is 1. The van der Waals surface area contributed by atoms with Gasteiger partial charge in [0.25, 0.3) is 0 Å². The number of aromatic nitrogens is 1. The number of nitrogens with zero attached hydrogens (tertiary/aromatic N) is 2. The van der Waals surface area contributed by atoms with E-state index in [1.165, 1.54) is 6.42 Å².